The van der Waals surface area contributed by atoms with Gasteiger partial charge >= 0.3 is 6.03 Å². The van der Waals surface area contributed by atoms with Gasteiger partial charge in [-0.1, -0.05) is 0 Å². The van der Waals surface area contributed by atoms with Crippen LogP contribution in [0.25, 0.3) is 11.1 Å². The third kappa shape index (κ3) is 4.16. The lowest BCUT2D eigenvalue weighted by Crippen LogP contribution is -2.42. The summed E-state index contributed by atoms with van der Waals surface area (Å²) < 4.78 is 32.5. The zero-order chi connectivity index (χ0) is 25.8. The second-order valence-electron chi connectivity index (χ2n) is 10.5. The Bertz CT molecular complexity index is 1340. The number of nitrogens with one attached hydrogen (secondary N) is 1. The highest BCUT2D eigenvalue weighted by Gasteiger charge is 2.37. The molecule has 1 aromatic carbocycles. The van der Waals surface area contributed by atoms with Crippen molar-refractivity contribution in [1.82, 2.24) is 29.8 Å². The van der Waals surface area contributed by atoms with E-state index in [0.717, 1.165) is 41.9 Å². The normalized spacial score (nSPS) is 18.1. The molecule has 37 heavy (non-hydrogen) atoms. The van der Waals surface area contributed by atoms with Crippen LogP contribution in [0.15, 0.2) is 24.5 Å². The number of fused-ring (bicyclic) bond motifs is 2. The van der Waals surface area contributed by atoms with Gasteiger partial charge in [0.25, 0.3) is 6.43 Å². The highest BCUT2D eigenvalue weighted by Crippen LogP contribution is 2.45. The maximum absolute atomic E-state index is 14.4. The van der Waals surface area contributed by atoms with Crippen molar-refractivity contribution in [1.29, 1.82) is 0 Å². The molecule has 4 heterocycles. The summed E-state index contributed by atoms with van der Waals surface area (Å²) >= 11 is 0. The number of aromatic nitrogens is 4. The molecular weight excluding hydrogens is 476 g/mol. The van der Waals surface area contributed by atoms with E-state index in [1.54, 1.807) is 42.1 Å². The maximum Gasteiger partial charge on any atom is 0.317 e. The highest BCUT2D eigenvalue weighted by atomic mass is 19.3. The predicted octanol–water partition coefficient (Wildman–Crippen LogP) is 4.97. The van der Waals surface area contributed by atoms with Gasteiger partial charge in [0.15, 0.2) is 5.82 Å². The molecule has 1 aliphatic carbocycles. The largest absolute Gasteiger partial charge is 0.341 e. The maximum atomic E-state index is 14.4. The number of rotatable bonds is 5. The molecule has 8 nitrogen and oxygen atoms in total. The first-order valence-electron chi connectivity index (χ1n) is 13.1. The lowest BCUT2D eigenvalue weighted by Gasteiger charge is -2.33. The quantitative estimate of drug-likeness (QED) is 0.527. The zero-order valence-corrected chi connectivity index (χ0v) is 21.5. The van der Waals surface area contributed by atoms with Crippen molar-refractivity contribution in [2.24, 2.45) is 13.0 Å². The Hall–Kier alpha value is -3.43. The minimum atomic E-state index is -2.62. The molecule has 2 aromatic heterocycles. The summed E-state index contributed by atoms with van der Waals surface area (Å²) in [7, 11) is 3.43. The van der Waals surface area contributed by atoms with Crippen molar-refractivity contribution in [3.05, 3.63) is 46.9 Å². The van der Waals surface area contributed by atoms with Crippen LogP contribution in [0.5, 0.6) is 0 Å². The molecule has 10 heteroatoms. The second-order valence-corrected chi connectivity index (χ2v) is 10.5. The number of amides is 2. The van der Waals surface area contributed by atoms with Crippen LogP contribution in [0.4, 0.5) is 25.1 Å². The molecule has 0 radical (unpaired) electrons. The molecule has 2 aliphatic heterocycles. The van der Waals surface area contributed by atoms with Gasteiger partial charge in [-0.15, -0.1) is 0 Å². The number of carbonyl (C=O) groups is 1. The van der Waals surface area contributed by atoms with Gasteiger partial charge in [-0.3, -0.25) is 9.36 Å². The average Bonchev–Trinajstić information content (AvgIpc) is 3.56. The van der Waals surface area contributed by atoms with Crippen molar-refractivity contribution in [2.75, 3.05) is 25.0 Å². The Labute approximate surface area is 215 Å². The van der Waals surface area contributed by atoms with E-state index in [1.807, 2.05) is 6.07 Å². The first kappa shape index (κ1) is 23.9. The summed E-state index contributed by atoms with van der Waals surface area (Å²) in [5.74, 6) is 1.42. The monoisotopic (exact) mass is 509 g/mol. The van der Waals surface area contributed by atoms with Gasteiger partial charge in [-0.05, 0) is 61.8 Å². The SMILES string of the molecule is CNC(=O)N1CCc2c(c(N3CCCc4cc(-c5cnn(C)c5)c(C(F)F)cc43)nn2[C@H](C)C2CC2)C1. The predicted molar refractivity (Wildman–Crippen MR) is 137 cm³/mol. The Balaban J connectivity index is 1.47. The number of halogens is 2. The van der Waals surface area contributed by atoms with Crippen molar-refractivity contribution in [2.45, 2.75) is 58.0 Å². The van der Waals surface area contributed by atoms with Crippen LogP contribution < -0.4 is 10.2 Å². The molecule has 1 fully saturated rings. The molecule has 196 valence electrons. The topological polar surface area (TPSA) is 71.2 Å². The first-order chi connectivity index (χ1) is 17.9. The summed E-state index contributed by atoms with van der Waals surface area (Å²) in [6.07, 6.45) is 5.65. The van der Waals surface area contributed by atoms with Gasteiger partial charge in [0.1, 0.15) is 0 Å². The Morgan fingerprint density at radius 2 is 2.00 bits per heavy atom. The van der Waals surface area contributed by atoms with E-state index in [4.69, 9.17) is 5.10 Å². The number of benzene rings is 1. The molecule has 0 unspecified atom stereocenters. The third-order valence-corrected chi connectivity index (χ3v) is 8.13. The lowest BCUT2D eigenvalue weighted by molar-refractivity contribution is 0.152. The Kier molecular flexibility index (Phi) is 5.92. The zero-order valence-electron chi connectivity index (χ0n) is 21.5. The van der Waals surface area contributed by atoms with Crippen LogP contribution in [-0.4, -0.2) is 50.6 Å². The van der Waals surface area contributed by atoms with Gasteiger partial charge in [0, 0.05) is 67.9 Å². The van der Waals surface area contributed by atoms with Gasteiger partial charge < -0.3 is 15.1 Å². The number of urea groups is 1. The van der Waals surface area contributed by atoms with Crippen LogP contribution in [0.3, 0.4) is 0 Å². The van der Waals surface area contributed by atoms with Crippen LogP contribution in [0, 0.1) is 5.92 Å². The minimum Gasteiger partial charge on any atom is -0.341 e. The van der Waals surface area contributed by atoms with Crippen molar-refractivity contribution in [3.8, 4) is 11.1 Å². The number of hydrogen-bond donors (Lipinski definition) is 1. The average molecular weight is 510 g/mol. The molecule has 3 aromatic rings. The number of hydrogen-bond acceptors (Lipinski definition) is 4. The molecule has 0 saturated heterocycles. The number of anilines is 2. The van der Waals surface area contributed by atoms with Gasteiger partial charge in [0.2, 0.25) is 0 Å². The minimum absolute atomic E-state index is 0.00489. The second kappa shape index (κ2) is 9.15. The summed E-state index contributed by atoms with van der Waals surface area (Å²) in [6, 6.07) is 3.73. The molecule has 1 saturated carbocycles. The van der Waals surface area contributed by atoms with E-state index in [9.17, 15) is 13.6 Å². The van der Waals surface area contributed by atoms with E-state index in [1.165, 1.54) is 18.5 Å². The van der Waals surface area contributed by atoms with Crippen LogP contribution in [-0.2, 0) is 26.4 Å². The Morgan fingerprint density at radius 3 is 2.68 bits per heavy atom. The fourth-order valence-electron chi connectivity index (χ4n) is 5.95. The first-order valence-corrected chi connectivity index (χ1v) is 13.1. The van der Waals surface area contributed by atoms with Crippen molar-refractivity contribution in [3.63, 3.8) is 0 Å². The molecule has 0 bridgehead atoms. The molecule has 0 spiro atoms. The van der Waals surface area contributed by atoms with Gasteiger partial charge in [-0.25, -0.2) is 13.6 Å². The van der Waals surface area contributed by atoms with Crippen molar-refractivity contribution >= 4 is 17.5 Å². The van der Waals surface area contributed by atoms with E-state index in [-0.39, 0.29) is 17.6 Å². The molecule has 2 amide bonds. The lowest BCUT2D eigenvalue weighted by atomic mass is 9.92. The van der Waals surface area contributed by atoms with Crippen molar-refractivity contribution < 1.29 is 13.6 Å². The molecule has 6 rings (SSSR count). The molecule has 3 aliphatic rings. The molecule has 1 N–H and O–H groups in total. The van der Waals surface area contributed by atoms with Crippen LogP contribution in [0.2, 0.25) is 0 Å². The standard InChI is InChI=1S/C27H33F2N7O/c1-16(17-6-7-17)36-23-8-10-34(27(37)30-2)15-22(23)26(32-36)35-9-4-5-18-11-20(19-13-31-33(3)14-19)21(25(28)29)12-24(18)35/h11-14,16-17,25H,4-10,15H2,1-3H3,(H,30,37)/t16-/m1/s1. The van der Waals surface area contributed by atoms with E-state index in [0.29, 0.717) is 36.7 Å². The number of nitrogens with zero attached hydrogens (tertiary/aromatic N) is 6. The van der Waals surface area contributed by atoms with E-state index < -0.39 is 6.43 Å². The summed E-state index contributed by atoms with van der Waals surface area (Å²) in [5.41, 5.74) is 5.26. The number of alkyl halides is 2. The smallest absolute Gasteiger partial charge is 0.317 e. The molecular formula is C27H33F2N7O. The van der Waals surface area contributed by atoms with E-state index in [2.05, 4.69) is 26.9 Å². The highest BCUT2D eigenvalue weighted by molar-refractivity contribution is 5.78. The van der Waals surface area contributed by atoms with Crippen LogP contribution in [0.1, 0.15) is 61.0 Å². The van der Waals surface area contributed by atoms with Gasteiger partial charge in [0.05, 0.1) is 18.8 Å². The number of carbonyl (C=O) groups excluding carboxylic acids is 1. The van der Waals surface area contributed by atoms with E-state index >= 15 is 0 Å². The fourth-order valence-corrected chi connectivity index (χ4v) is 5.95. The number of aryl methyl sites for hydroxylation is 2. The third-order valence-electron chi connectivity index (χ3n) is 8.13. The molecule has 1 atom stereocenters. The summed E-state index contributed by atoms with van der Waals surface area (Å²) in [5, 5.41) is 12.1. The summed E-state index contributed by atoms with van der Waals surface area (Å²) in [6.45, 7) is 4.01. The fraction of sp³-hybridized carbons (Fsp3) is 0.519. The van der Waals surface area contributed by atoms with Gasteiger partial charge in [-0.2, -0.15) is 10.2 Å². The Morgan fingerprint density at radius 1 is 1.19 bits per heavy atom. The van der Waals surface area contributed by atoms with Crippen LogP contribution >= 0.6 is 0 Å². The summed E-state index contributed by atoms with van der Waals surface area (Å²) in [4.78, 5) is 16.4.